The van der Waals surface area contributed by atoms with Crippen molar-refractivity contribution < 1.29 is 4.74 Å². The van der Waals surface area contributed by atoms with Gasteiger partial charge in [0.1, 0.15) is 6.61 Å². The molecule has 0 atom stereocenters. The molecule has 2 heterocycles. The van der Waals surface area contributed by atoms with E-state index in [1.54, 1.807) is 10.5 Å². The maximum atomic E-state index is 13.0. The number of imidazole rings is 1. The number of benzene rings is 3. The molecular weight excluding hydrogens is 564 g/mol. The van der Waals surface area contributed by atoms with Crippen LogP contribution >= 0.6 is 54.8 Å². The minimum atomic E-state index is -0.0866. The van der Waals surface area contributed by atoms with Gasteiger partial charge >= 0.3 is 0 Å². The first-order chi connectivity index (χ1) is 15.0. The predicted molar refractivity (Wildman–Crippen MR) is 133 cm³/mol. The lowest BCUT2D eigenvalue weighted by molar-refractivity contribution is 0.304. The summed E-state index contributed by atoms with van der Waals surface area (Å²) < 4.78 is 9.91. The van der Waals surface area contributed by atoms with Gasteiger partial charge in [-0.2, -0.15) is 0 Å². The summed E-state index contributed by atoms with van der Waals surface area (Å²) in [5.41, 5.74) is 3.38. The van der Waals surface area contributed by atoms with Gasteiger partial charge in [-0.15, -0.1) is 0 Å². The number of ether oxygens (including phenoxy) is 1. The topological polar surface area (TPSA) is 43.6 Å². The summed E-state index contributed by atoms with van der Waals surface area (Å²) in [5.74, 6) is 0.566. The van der Waals surface area contributed by atoms with Gasteiger partial charge < -0.3 is 4.74 Å². The van der Waals surface area contributed by atoms with E-state index in [9.17, 15) is 4.79 Å². The van der Waals surface area contributed by atoms with Crippen molar-refractivity contribution in [1.82, 2.24) is 9.38 Å². The van der Waals surface area contributed by atoms with Crippen LogP contribution in [0.15, 0.2) is 74.4 Å². The Morgan fingerprint density at radius 3 is 2.65 bits per heavy atom. The van der Waals surface area contributed by atoms with Gasteiger partial charge in [-0.3, -0.25) is 4.79 Å². The third kappa shape index (κ3) is 4.03. The Bertz CT molecular complexity index is 1520. The molecule has 5 rings (SSSR count). The second-order valence-electron chi connectivity index (χ2n) is 6.86. The fraction of sp³-hybridized carbons (Fsp3) is 0.0435. The fourth-order valence-electron chi connectivity index (χ4n) is 3.30. The highest BCUT2D eigenvalue weighted by Crippen LogP contribution is 2.35. The third-order valence-electron chi connectivity index (χ3n) is 4.76. The lowest BCUT2D eigenvalue weighted by atomic mass is 10.2. The maximum absolute atomic E-state index is 13.0. The van der Waals surface area contributed by atoms with E-state index in [-0.39, 0.29) is 5.56 Å². The molecule has 0 aliphatic rings. The second-order valence-corrected chi connectivity index (χ2v) is 10.0. The molecule has 2 aromatic heterocycles. The van der Waals surface area contributed by atoms with E-state index in [0.717, 1.165) is 31.1 Å². The SMILES string of the molecule is O=c1/c(=C/c2cc(Cl)c(OCc3ccc(Br)cc3)c(Br)c2)sc2nc3ccccc3n12. The van der Waals surface area contributed by atoms with Gasteiger partial charge in [0.2, 0.25) is 0 Å². The van der Waals surface area contributed by atoms with Crippen LogP contribution in [0.4, 0.5) is 0 Å². The van der Waals surface area contributed by atoms with E-state index in [2.05, 4.69) is 36.8 Å². The molecule has 0 saturated carbocycles. The van der Waals surface area contributed by atoms with Crippen LogP contribution < -0.4 is 14.8 Å². The molecule has 5 aromatic rings. The summed E-state index contributed by atoms with van der Waals surface area (Å²) in [6.45, 7) is 0.397. The molecular formula is C23H13Br2ClN2O2S. The number of para-hydroxylation sites is 2. The summed E-state index contributed by atoms with van der Waals surface area (Å²) in [7, 11) is 0. The largest absolute Gasteiger partial charge is 0.486 e. The van der Waals surface area contributed by atoms with Crippen LogP contribution in [-0.4, -0.2) is 9.38 Å². The zero-order valence-corrected chi connectivity index (χ0v) is 20.6. The number of halogens is 3. The third-order valence-corrected chi connectivity index (χ3v) is 7.13. The van der Waals surface area contributed by atoms with Gasteiger partial charge in [-0.25, -0.2) is 9.38 Å². The van der Waals surface area contributed by atoms with Gasteiger partial charge in [0.25, 0.3) is 5.56 Å². The summed E-state index contributed by atoms with van der Waals surface area (Å²) in [4.78, 5) is 18.2. The highest BCUT2D eigenvalue weighted by molar-refractivity contribution is 9.10. The lowest BCUT2D eigenvalue weighted by Crippen LogP contribution is -2.22. The number of aromatic nitrogens is 2. The molecule has 0 bridgehead atoms. The number of nitrogens with zero attached hydrogens (tertiary/aromatic N) is 2. The van der Waals surface area contributed by atoms with E-state index in [1.165, 1.54) is 11.3 Å². The Labute approximate surface area is 203 Å². The van der Waals surface area contributed by atoms with E-state index in [0.29, 0.717) is 26.9 Å². The minimum absolute atomic E-state index is 0.0866. The number of rotatable bonds is 4. The molecule has 0 unspecified atom stereocenters. The summed E-state index contributed by atoms with van der Waals surface area (Å²) in [5, 5.41) is 0.469. The van der Waals surface area contributed by atoms with Crippen molar-refractivity contribution in [2.24, 2.45) is 0 Å². The normalized spacial score (nSPS) is 12.2. The van der Waals surface area contributed by atoms with Crippen molar-refractivity contribution in [3.8, 4) is 5.75 Å². The number of fused-ring (bicyclic) bond motifs is 3. The molecule has 0 spiro atoms. The molecule has 0 saturated heterocycles. The van der Waals surface area contributed by atoms with Gasteiger partial charge in [-0.1, -0.05) is 63.1 Å². The Balaban J connectivity index is 1.48. The van der Waals surface area contributed by atoms with Crippen LogP contribution in [0, 0.1) is 0 Å². The Hall–Kier alpha value is -2.19. The first kappa shape index (κ1) is 20.7. The Kier molecular flexibility index (Phi) is 5.60. The van der Waals surface area contributed by atoms with Crippen LogP contribution in [0.1, 0.15) is 11.1 Å². The standard InChI is InChI=1S/C23H13Br2ClN2O2S/c24-15-7-5-13(6-8-15)12-30-21-16(25)9-14(10-17(21)26)11-20-22(29)28-19-4-2-1-3-18(19)27-23(28)31-20/h1-11H,12H2/b20-11-. The molecule has 0 radical (unpaired) electrons. The van der Waals surface area contributed by atoms with Gasteiger partial charge in [0.05, 0.1) is 25.1 Å². The van der Waals surface area contributed by atoms with E-state index < -0.39 is 0 Å². The molecule has 0 fully saturated rings. The predicted octanol–water partition coefficient (Wildman–Crippen LogP) is 6.21. The van der Waals surface area contributed by atoms with E-state index in [4.69, 9.17) is 16.3 Å². The van der Waals surface area contributed by atoms with E-state index >= 15 is 0 Å². The number of hydrogen-bond acceptors (Lipinski definition) is 4. The molecule has 0 amide bonds. The van der Waals surface area contributed by atoms with Crippen LogP contribution in [0.3, 0.4) is 0 Å². The van der Waals surface area contributed by atoms with Gasteiger partial charge in [-0.05, 0) is 69.5 Å². The highest BCUT2D eigenvalue weighted by Gasteiger charge is 2.12. The number of thiazole rings is 1. The average Bonchev–Trinajstić information content (AvgIpc) is 3.25. The zero-order valence-electron chi connectivity index (χ0n) is 15.8. The summed E-state index contributed by atoms with van der Waals surface area (Å²) in [6.07, 6.45) is 1.82. The molecule has 0 aliphatic heterocycles. The van der Waals surface area contributed by atoms with Crippen LogP contribution in [0.25, 0.3) is 22.1 Å². The molecule has 3 aromatic carbocycles. The van der Waals surface area contributed by atoms with Crippen molar-refractivity contribution in [1.29, 1.82) is 0 Å². The van der Waals surface area contributed by atoms with Gasteiger partial charge in [0.15, 0.2) is 10.7 Å². The van der Waals surface area contributed by atoms with Crippen LogP contribution in [-0.2, 0) is 6.61 Å². The monoisotopic (exact) mass is 574 g/mol. The van der Waals surface area contributed by atoms with Crippen LogP contribution in [0.2, 0.25) is 5.02 Å². The molecule has 8 heteroatoms. The van der Waals surface area contributed by atoms with Crippen LogP contribution in [0.5, 0.6) is 5.75 Å². The van der Waals surface area contributed by atoms with Crippen molar-refractivity contribution in [3.05, 3.63) is 101 Å². The molecule has 0 N–H and O–H groups in total. The van der Waals surface area contributed by atoms with Gasteiger partial charge in [0, 0.05) is 4.47 Å². The van der Waals surface area contributed by atoms with Crippen molar-refractivity contribution in [3.63, 3.8) is 0 Å². The quantitative estimate of drug-likeness (QED) is 0.255. The number of hydrogen-bond donors (Lipinski definition) is 0. The Morgan fingerprint density at radius 2 is 1.87 bits per heavy atom. The Morgan fingerprint density at radius 1 is 1.10 bits per heavy atom. The molecule has 4 nitrogen and oxygen atoms in total. The zero-order chi connectivity index (χ0) is 21.5. The average molecular weight is 577 g/mol. The summed E-state index contributed by atoms with van der Waals surface area (Å²) >= 11 is 14.8. The van der Waals surface area contributed by atoms with Crippen molar-refractivity contribution in [2.45, 2.75) is 6.61 Å². The summed E-state index contributed by atoms with van der Waals surface area (Å²) in [6, 6.07) is 19.2. The minimum Gasteiger partial charge on any atom is -0.486 e. The highest BCUT2D eigenvalue weighted by atomic mass is 79.9. The van der Waals surface area contributed by atoms with Crippen molar-refractivity contribution in [2.75, 3.05) is 0 Å². The van der Waals surface area contributed by atoms with Crippen molar-refractivity contribution >= 4 is 76.9 Å². The smallest absolute Gasteiger partial charge is 0.274 e. The first-order valence-corrected chi connectivity index (χ1v) is 12.1. The molecule has 31 heavy (non-hydrogen) atoms. The molecule has 154 valence electrons. The second kappa shape index (κ2) is 8.39. The van der Waals surface area contributed by atoms with E-state index in [1.807, 2.05) is 60.7 Å². The molecule has 0 aliphatic carbocycles. The maximum Gasteiger partial charge on any atom is 0.274 e. The lowest BCUT2D eigenvalue weighted by Gasteiger charge is -2.11. The fourth-order valence-corrected chi connectivity index (χ4v) is 5.54. The first-order valence-electron chi connectivity index (χ1n) is 9.27.